The minimum Gasteiger partial charge on any atom is -0.459 e. The molecule has 1 heterocycles. The molecule has 10 unspecified atom stereocenters. The first kappa shape index (κ1) is 27.3. The molecule has 1 saturated heterocycles. The Kier molecular flexibility index (Phi) is 6.57. The van der Waals surface area contributed by atoms with E-state index in [1.54, 1.807) is 11.1 Å². The second-order valence-corrected chi connectivity index (χ2v) is 14.1. The quantitative estimate of drug-likeness (QED) is 0.404. The van der Waals surface area contributed by atoms with Gasteiger partial charge in [-0.25, -0.2) is 0 Å². The molecule has 3 fully saturated rings. The van der Waals surface area contributed by atoms with Crippen molar-refractivity contribution in [2.75, 3.05) is 6.61 Å². The van der Waals surface area contributed by atoms with E-state index in [0.29, 0.717) is 0 Å². The first-order valence-electron chi connectivity index (χ1n) is 14.7. The van der Waals surface area contributed by atoms with Gasteiger partial charge in [-0.3, -0.25) is 9.59 Å². The minimum atomic E-state index is -0.699. The van der Waals surface area contributed by atoms with Gasteiger partial charge in [-0.15, -0.1) is 0 Å². The Labute approximate surface area is 222 Å². The molecule has 0 radical (unpaired) electrons. The number of ketones is 1. The van der Waals surface area contributed by atoms with E-state index in [-0.39, 0.29) is 52.9 Å². The summed E-state index contributed by atoms with van der Waals surface area (Å²) in [6.07, 6.45) is 5.86. The molecule has 10 atom stereocenters. The van der Waals surface area contributed by atoms with Crippen molar-refractivity contribution < 1.29 is 29.3 Å². The molecule has 2 N–H and O–H groups in total. The molecule has 2 saturated carbocycles. The number of ether oxygens (including phenoxy) is 2. The second kappa shape index (κ2) is 8.89. The molecule has 0 amide bonds. The predicted molar refractivity (Wildman–Crippen MR) is 141 cm³/mol. The van der Waals surface area contributed by atoms with Crippen molar-refractivity contribution in [3.63, 3.8) is 0 Å². The fraction of sp³-hybridized carbons (Fsp3) is 0.871. The van der Waals surface area contributed by atoms with Crippen molar-refractivity contribution in [2.45, 2.75) is 124 Å². The largest absolute Gasteiger partial charge is 0.459 e. The van der Waals surface area contributed by atoms with Gasteiger partial charge in [0.2, 0.25) is 0 Å². The van der Waals surface area contributed by atoms with Crippen LogP contribution in [0, 0.1) is 39.9 Å². The highest BCUT2D eigenvalue weighted by Gasteiger charge is 2.69. The molecule has 37 heavy (non-hydrogen) atoms. The lowest BCUT2D eigenvalue weighted by Crippen LogP contribution is -2.57. The third-order valence-corrected chi connectivity index (χ3v) is 12.2. The van der Waals surface area contributed by atoms with E-state index in [1.807, 2.05) is 13.8 Å². The molecule has 4 aliphatic carbocycles. The van der Waals surface area contributed by atoms with E-state index in [0.717, 1.165) is 51.4 Å². The fourth-order valence-electron chi connectivity index (χ4n) is 10.1. The van der Waals surface area contributed by atoms with Crippen LogP contribution in [0.4, 0.5) is 0 Å². The summed E-state index contributed by atoms with van der Waals surface area (Å²) in [7, 11) is 0. The summed E-state index contributed by atoms with van der Waals surface area (Å²) in [5, 5.41) is 21.3. The van der Waals surface area contributed by atoms with Crippen molar-refractivity contribution in [2.24, 2.45) is 39.9 Å². The first-order valence-corrected chi connectivity index (χ1v) is 14.7. The number of rotatable bonds is 4. The van der Waals surface area contributed by atoms with Crippen LogP contribution in [0.3, 0.4) is 0 Å². The summed E-state index contributed by atoms with van der Waals surface area (Å²) in [5.41, 5.74) is 2.19. The third kappa shape index (κ3) is 3.60. The maximum Gasteiger partial charge on any atom is 0.303 e. The first-order chi connectivity index (χ1) is 17.3. The average Bonchev–Trinajstić information content (AvgIpc) is 3.30. The molecule has 208 valence electrons. The molecule has 0 aromatic heterocycles. The number of fused-ring (bicyclic) bond motifs is 5. The molecule has 6 nitrogen and oxygen atoms in total. The standard InChI is InChI=1S/C31H48O6/c1-17(2)25(35)27-26(36-19(4)33)18(3)31(37-27)15-14-29(6)21-8-10-22-28(5,20(21)9-11-23(29)31)13-12-24(34)30(22,7)16-32/h17-18,22-24,26-27,32,34H,8-16H2,1-7H3. The molecule has 1 aliphatic heterocycles. The molecule has 6 heteroatoms. The summed E-state index contributed by atoms with van der Waals surface area (Å²) in [6.45, 7) is 14.2. The lowest BCUT2D eigenvalue weighted by atomic mass is 9.45. The number of Topliss-reactive ketones (excluding diaryl/α,β-unsaturated/α-hetero) is 1. The third-order valence-electron chi connectivity index (χ3n) is 12.2. The molecule has 1 spiro atoms. The van der Waals surface area contributed by atoms with E-state index in [4.69, 9.17) is 9.47 Å². The zero-order valence-corrected chi connectivity index (χ0v) is 23.9. The SMILES string of the molecule is CC(=O)OC1C(C(=O)C(C)C)OC2(CCC3(C)C4=C(CCC32)C2(C)CCC(O)C(C)(CO)C2CC4)C1C. The second-order valence-electron chi connectivity index (χ2n) is 14.1. The molecule has 5 rings (SSSR count). The zero-order chi connectivity index (χ0) is 27.1. The maximum absolute atomic E-state index is 13.2. The number of esters is 1. The highest BCUT2D eigenvalue weighted by molar-refractivity contribution is 5.86. The van der Waals surface area contributed by atoms with Gasteiger partial charge in [-0.05, 0) is 74.0 Å². The number of allylic oxidation sites excluding steroid dienone is 2. The van der Waals surface area contributed by atoms with Gasteiger partial charge in [0.05, 0.1) is 18.3 Å². The van der Waals surface area contributed by atoms with E-state index >= 15 is 0 Å². The topological polar surface area (TPSA) is 93.1 Å². The Balaban J connectivity index is 1.53. The number of carbonyl (C=O) groups is 2. The molecular formula is C31H48O6. The molecule has 0 aromatic rings. The summed E-state index contributed by atoms with van der Waals surface area (Å²) in [6, 6.07) is 0. The Morgan fingerprint density at radius 1 is 1.00 bits per heavy atom. The summed E-state index contributed by atoms with van der Waals surface area (Å²) < 4.78 is 12.7. The van der Waals surface area contributed by atoms with Gasteiger partial charge in [0, 0.05) is 24.2 Å². The Bertz CT molecular complexity index is 1000. The van der Waals surface area contributed by atoms with Gasteiger partial charge in [0.15, 0.2) is 11.9 Å². The predicted octanol–water partition coefficient (Wildman–Crippen LogP) is 4.99. The van der Waals surface area contributed by atoms with Gasteiger partial charge in [0.25, 0.3) is 0 Å². The van der Waals surface area contributed by atoms with Crippen LogP contribution < -0.4 is 0 Å². The summed E-state index contributed by atoms with van der Waals surface area (Å²) in [5.74, 6) is -0.0204. The van der Waals surface area contributed by atoms with Crippen molar-refractivity contribution in [1.82, 2.24) is 0 Å². The van der Waals surface area contributed by atoms with Crippen molar-refractivity contribution in [3.05, 3.63) is 11.1 Å². The monoisotopic (exact) mass is 516 g/mol. The zero-order valence-electron chi connectivity index (χ0n) is 23.9. The van der Waals surface area contributed by atoms with Crippen molar-refractivity contribution >= 4 is 11.8 Å². The van der Waals surface area contributed by atoms with Crippen molar-refractivity contribution in [3.8, 4) is 0 Å². The van der Waals surface area contributed by atoms with Gasteiger partial charge < -0.3 is 19.7 Å². The summed E-state index contributed by atoms with van der Waals surface area (Å²) >= 11 is 0. The highest BCUT2D eigenvalue weighted by atomic mass is 16.6. The maximum atomic E-state index is 13.2. The van der Waals surface area contributed by atoms with Crippen LogP contribution in [0.1, 0.15) is 99.8 Å². The Morgan fingerprint density at radius 2 is 1.59 bits per heavy atom. The van der Waals surface area contributed by atoms with Gasteiger partial charge >= 0.3 is 5.97 Å². The van der Waals surface area contributed by atoms with Crippen LogP contribution in [0.2, 0.25) is 0 Å². The van der Waals surface area contributed by atoms with Gasteiger partial charge in [-0.1, -0.05) is 52.7 Å². The fourth-order valence-corrected chi connectivity index (χ4v) is 10.1. The smallest absolute Gasteiger partial charge is 0.303 e. The van der Waals surface area contributed by atoms with E-state index in [2.05, 4.69) is 27.7 Å². The lowest BCUT2D eigenvalue weighted by molar-refractivity contribution is -0.156. The number of hydrogen-bond donors (Lipinski definition) is 2. The molecular weight excluding hydrogens is 468 g/mol. The van der Waals surface area contributed by atoms with Crippen LogP contribution in [-0.2, 0) is 19.1 Å². The summed E-state index contributed by atoms with van der Waals surface area (Å²) in [4.78, 5) is 25.3. The Morgan fingerprint density at radius 3 is 2.16 bits per heavy atom. The lowest BCUT2D eigenvalue weighted by Gasteiger charge is -2.61. The van der Waals surface area contributed by atoms with Crippen LogP contribution in [-0.4, -0.2) is 52.5 Å². The average molecular weight is 517 g/mol. The number of aliphatic hydroxyl groups is 2. The van der Waals surface area contributed by atoms with Gasteiger partial charge in [-0.2, -0.15) is 0 Å². The van der Waals surface area contributed by atoms with Crippen LogP contribution >= 0.6 is 0 Å². The minimum absolute atomic E-state index is 0.00735. The Hall–Kier alpha value is -1.24. The number of aliphatic hydroxyl groups excluding tert-OH is 2. The van der Waals surface area contributed by atoms with Gasteiger partial charge in [0.1, 0.15) is 6.10 Å². The highest BCUT2D eigenvalue weighted by Crippen LogP contribution is 2.70. The molecule has 0 bridgehead atoms. The van der Waals surface area contributed by atoms with Crippen LogP contribution in [0.15, 0.2) is 11.1 Å². The van der Waals surface area contributed by atoms with E-state index in [9.17, 15) is 19.8 Å². The van der Waals surface area contributed by atoms with Crippen LogP contribution in [0.5, 0.6) is 0 Å². The van der Waals surface area contributed by atoms with E-state index < -0.39 is 29.3 Å². The van der Waals surface area contributed by atoms with Crippen LogP contribution in [0.25, 0.3) is 0 Å². The molecule has 0 aromatic carbocycles. The number of hydrogen-bond acceptors (Lipinski definition) is 6. The normalized spacial score (nSPS) is 49.1. The van der Waals surface area contributed by atoms with E-state index in [1.165, 1.54) is 6.92 Å². The van der Waals surface area contributed by atoms with Crippen molar-refractivity contribution in [1.29, 1.82) is 0 Å². The number of carbonyl (C=O) groups excluding carboxylic acids is 2. The molecule has 5 aliphatic rings.